The summed E-state index contributed by atoms with van der Waals surface area (Å²) in [5.41, 5.74) is 2.34. The molecule has 0 bridgehead atoms. The van der Waals surface area contributed by atoms with E-state index in [0.717, 1.165) is 30.0 Å². The van der Waals surface area contributed by atoms with Gasteiger partial charge in [-0.15, -0.1) is 0 Å². The third kappa shape index (κ3) is 2.11. The zero-order valence-corrected chi connectivity index (χ0v) is 10.7. The maximum absolute atomic E-state index is 5.23. The predicted molar refractivity (Wildman–Crippen MR) is 65.8 cm³/mol. The number of fused-ring (bicyclic) bond motifs is 1. The molecule has 4 nitrogen and oxygen atoms in total. The normalized spacial score (nSPS) is 29.5. The largest absolute Gasteiger partial charge is 0.361 e. The van der Waals surface area contributed by atoms with Crippen LogP contribution in [0.5, 0.6) is 0 Å². The van der Waals surface area contributed by atoms with Crippen molar-refractivity contribution in [1.29, 1.82) is 0 Å². The molecule has 3 heterocycles. The fraction of sp³-hybridized carbons (Fsp3) is 0.769. The van der Waals surface area contributed by atoms with Crippen LogP contribution in [0.4, 0.5) is 0 Å². The standard InChI is InChI=1S/C13H21N3O/c1-9-12(10(2)17-15-9)8-16-6-4-13-11(7-16)3-5-14-13/h11,13-14H,3-8H2,1-2H3. The van der Waals surface area contributed by atoms with E-state index in [-0.39, 0.29) is 0 Å². The van der Waals surface area contributed by atoms with Crippen molar-refractivity contribution in [3.8, 4) is 0 Å². The average Bonchev–Trinajstić information content (AvgIpc) is 2.90. The predicted octanol–water partition coefficient (Wildman–Crippen LogP) is 1.48. The summed E-state index contributed by atoms with van der Waals surface area (Å²) in [4.78, 5) is 2.56. The number of nitrogens with zero attached hydrogens (tertiary/aromatic N) is 2. The summed E-state index contributed by atoms with van der Waals surface area (Å²) in [6, 6.07) is 0.774. The molecule has 94 valence electrons. The van der Waals surface area contributed by atoms with Crippen LogP contribution in [0.2, 0.25) is 0 Å². The molecule has 3 rings (SSSR count). The molecular weight excluding hydrogens is 214 g/mol. The molecule has 1 aromatic rings. The second-order valence-electron chi connectivity index (χ2n) is 5.44. The summed E-state index contributed by atoms with van der Waals surface area (Å²) in [7, 11) is 0. The maximum atomic E-state index is 5.23. The Morgan fingerprint density at radius 2 is 2.29 bits per heavy atom. The zero-order chi connectivity index (χ0) is 11.8. The first-order valence-electron chi connectivity index (χ1n) is 6.61. The van der Waals surface area contributed by atoms with E-state index in [1.165, 1.54) is 38.0 Å². The Morgan fingerprint density at radius 1 is 1.41 bits per heavy atom. The molecule has 2 aliphatic rings. The Morgan fingerprint density at radius 3 is 3.06 bits per heavy atom. The minimum atomic E-state index is 0.774. The molecule has 1 aromatic heterocycles. The lowest BCUT2D eigenvalue weighted by Crippen LogP contribution is -2.44. The Labute approximate surface area is 102 Å². The number of aromatic nitrogens is 1. The first-order valence-corrected chi connectivity index (χ1v) is 6.61. The molecule has 0 spiro atoms. The molecule has 0 aliphatic carbocycles. The van der Waals surface area contributed by atoms with E-state index >= 15 is 0 Å². The third-order valence-electron chi connectivity index (χ3n) is 4.30. The molecule has 2 atom stereocenters. The van der Waals surface area contributed by atoms with Crippen LogP contribution in [-0.2, 0) is 6.54 Å². The molecule has 2 unspecified atom stereocenters. The number of likely N-dealkylation sites (tertiary alicyclic amines) is 1. The second kappa shape index (κ2) is 4.42. The quantitative estimate of drug-likeness (QED) is 0.843. The van der Waals surface area contributed by atoms with Gasteiger partial charge in [-0.1, -0.05) is 5.16 Å². The van der Waals surface area contributed by atoms with Gasteiger partial charge in [-0.2, -0.15) is 0 Å². The molecule has 0 amide bonds. The number of piperidine rings is 1. The van der Waals surface area contributed by atoms with Gasteiger partial charge in [-0.3, -0.25) is 4.90 Å². The molecule has 2 aliphatic heterocycles. The van der Waals surface area contributed by atoms with E-state index in [0.29, 0.717) is 0 Å². The molecule has 2 saturated heterocycles. The maximum Gasteiger partial charge on any atom is 0.138 e. The number of nitrogens with one attached hydrogen (secondary N) is 1. The molecule has 4 heteroatoms. The zero-order valence-electron chi connectivity index (χ0n) is 10.7. The highest BCUT2D eigenvalue weighted by atomic mass is 16.5. The van der Waals surface area contributed by atoms with Crippen molar-refractivity contribution < 1.29 is 4.52 Å². The van der Waals surface area contributed by atoms with Crippen LogP contribution in [-0.4, -0.2) is 35.7 Å². The van der Waals surface area contributed by atoms with Gasteiger partial charge >= 0.3 is 0 Å². The van der Waals surface area contributed by atoms with Crippen LogP contribution in [0.15, 0.2) is 4.52 Å². The summed E-state index contributed by atoms with van der Waals surface area (Å²) < 4.78 is 5.23. The summed E-state index contributed by atoms with van der Waals surface area (Å²) in [6.45, 7) is 8.67. The summed E-state index contributed by atoms with van der Waals surface area (Å²) >= 11 is 0. The number of aryl methyl sites for hydroxylation is 2. The van der Waals surface area contributed by atoms with Crippen LogP contribution in [0.25, 0.3) is 0 Å². The van der Waals surface area contributed by atoms with Gasteiger partial charge in [0.05, 0.1) is 5.69 Å². The van der Waals surface area contributed by atoms with E-state index in [4.69, 9.17) is 4.52 Å². The highest BCUT2D eigenvalue weighted by Gasteiger charge is 2.32. The van der Waals surface area contributed by atoms with Crippen molar-refractivity contribution in [2.45, 2.75) is 39.3 Å². The minimum Gasteiger partial charge on any atom is -0.361 e. The first-order chi connectivity index (χ1) is 8.24. The van der Waals surface area contributed by atoms with Crippen molar-refractivity contribution in [2.75, 3.05) is 19.6 Å². The molecule has 2 fully saturated rings. The van der Waals surface area contributed by atoms with E-state index in [1.807, 2.05) is 13.8 Å². The smallest absolute Gasteiger partial charge is 0.138 e. The summed E-state index contributed by atoms with van der Waals surface area (Å²) in [5, 5.41) is 7.64. The number of rotatable bonds is 2. The molecule has 1 N–H and O–H groups in total. The second-order valence-corrected chi connectivity index (χ2v) is 5.44. The van der Waals surface area contributed by atoms with Crippen LogP contribution < -0.4 is 5.32 Å². The van der Waals surface area contributed by atoms with E-state index < -0.39 is 0 Å². The van der Waals surface area contributed by atoms with Gasteiger partial charge < -0.3 is 9.84 Å². The van der Waals surface area contributed by atoms with Crippen LogP contribution >= 0.6 is 0 Å². The third-order valence-corrected chi connectivity index (χ3v) is 4.30. The van der Waals surface area contributed by atoms with E-state index in [2.05, 4.69) is 15.4 Å². The lowest BCUT2D eigenvalue weighted by Gasteiger charge is -2.34. The molecule has 0 saturated carbocycles. The molecule has 17 heavy (non-hydrogen) atoms. The van der Waals surface area contributed by atoms with Gasteiger partial charge in [-0.25, -0.2) is 0 Å². The summed E-state index contributed by atoms with van der Waals surface area (Å²) in [5.74, 6) is 1.83. The Hall–Kier alpha value is -0.870. The Balaban J connectivity index is 1.66. The van der Waals surface area contributed by atoms with Gasteiger partial charge in [0.1, 0.15) is 5.76 Å². The van der Waals surface area contributed by atoms with Gasteiger partial charge in [0, 0.05) is 24.7 Å². The molecular formula is C13H21N3O. The van der Waals surface area contributed by atoms with E-state index in [1.54, 1.807) is 0 Å². The lowest BCUT2D eigenvalue weighted by molar-refractivity contribution is 0.155. The highest BCUT2D eigenvalue weighted by Crippen LogP contribution is 2.26. The van der Waals surface area contributed by atoms with Gasteiger partial charge in [0.2, 0.25) is 0 Å². The van der Waals surface area contributed by atoms with Crippen LogP contribution in [0, 0.1) is 19.8 Å². The Kier molecular flexibility index (Phi) is 2.92. The van der Waals surface area contributed by atoms with Gasteiger partial charge in [0.15, 0.2) is 0 Å². The topological polar surface area (TPSA) is 41.3 Å². The summed E-state index contributed by atoms with van der Waals surface area (Å²) in [6.07, 6.45) is 2.62. The average molecular weight is 235 g/mol. The van der Waals surface area contributed by atoms with Crippen LogP contribution in [0.3, 0.4) is 0 Å². The van der Waals surface area contributed by atoms with Crippen molar-refractivity contribution in [2.24, 2.45) is 5.92 Å². The van der Waals surface area contributed by atoms with Crippen molar-refractivity contribution in [3.63, 3.8) is 0 Å². The fourth-order valence-corrected chi connectivity index (χ4v) is 3.22. The van der Waals surface area contributed by atoms with Crippen LogP contribution in [0.1, 0.15) is 29.9 Å². The van der Waals surface area contributed by atoms with Crippen molar-refractivity contribution in [3.05, 3.63) is 17.0 Å². The van der Waals surface area contributed by atoms with Gasteiger partial charge in [0.25, 0.3) is 0 Å². The van der Waals surface area contributed by atoms with Crippen molar-refractivity contribution in [1.82, 2.24) is 15.4 Å². The number of hydrogen-bond donors (Lipinski definition) is 1. The highest BCUT2D eigenvalue weighted by molar-refractivity contribution is 5.20. The molecule has 0 radical (unpaired) electrons. The Bertz CT molecular complexity index is 382. The fourth-order valence-electron chi connectivity index (χ4n) is 3.22. The SMILES string of the molecule is Cc1noc(C)c1CN1CCC2NCCC2C1. The minimum absolute atomic E-state index is 0.774. The lowest BCUT2D eigenvalue weighted by atomic mass is 9.93. The van der Waals surface area contributed by atoms with Crippen molar-refractivity contribution >= 4 is 0 Å². The van der Waals surface area contributed by atoms with E-state index in [9.17, 15) is 0 Å². The number of hydrogen-bond acceptors (Lipinski definition) is 4. The van der Waals surface area contributed by atoms with Gasteiger partial charge in [-0.05, 0) is 45.7 Å². The first kappa shape index (κ1) is 11.2. The molecule has 0 aromatic carbocycles. The monoisotopic (exact) mass is 235 g/mol.